The minimum Gasteiger partial charge on any atom is -0.479 e. The Morgan fingerprint density at radius 2 is 1.57 bits per heavy atom. The topological polar surface area (TPSA) is 127 Å². The van der Waals surface area contributed by atoms with Crippen molar-refractivity contribution in [2.45, 2.75) is 31.2 Å². The molecule has 14 heavy (non-hydrogen) atoms. The van der Waals surface area contributed by atoms with Crippen LogP contribution in [0.25, 0.3) is 0 Å². The van der Waals surface area contributed by atoms with Crippen LogP contribution in [0.2, 0.25) is 0 Å². The lowest BCUT2D eigenvalue weighted by Crippen LogP contribution is -2.54. The molecule has 0 radical (unpaired) electrons. The van der Waals surface area contributed by atoms with Crippen LogP contribution in [0.15, 0.2) is 0 Å². The van der Waals surface area contributed by atoms with Gasteiger partial charge in [-0.2, -0.15) is 0 Å². The van der Waals surface area contributed by atoms with Crippen LogP contribution in [0.4, 0.5) is 0 Å². The second-order valence-corrected chi connectivity index (χ2v) is 3.18. The minimum absolute atomic E-state index is 0.0718. The number of hydrogen-bond donors (Lipinski definition) is 4. The van der Waals surface area contributed by atoms with Crippen molar-refractivity contribution in [2.24, 2.45) is 11.5 Å². The van der Waals surface area contributed by atoms with Crippen molar-refractivity contribution in [3.8, 4) is 0 Å². The van der Waals surface area contributed by atoms with Crippen molar-refractivity contribution in [2.75, 3.05) is 6.54 Å². The molecule has 0 aliphatic heterocycles. The van der Waals surface area contributed by atoms with Gasteiger partial charge >= 0.3 is 11.9 Å². The van der Waals surface area contributed by atoms with Crippen LogP contribution < -0.4 is 11.5 Å². The molecule has 0 aromatic carbocycles. The maximum atomic E-state index is 10.6. The van der Waals surface area contributed by atoms with E-state index < -0.39 is 17.5 Å². The largest absolute Gasteiger partial charge is 0.479 e. The van der Waals surface area contributed by atoms with Crippen LogP contribution in [-0.4, -0.2) is 34.2 Å². The third-order valence-electron chi connectivity index (χ3n) is 2.04. The fourth-order valence-electron chi connectivity index (χ4n) is 1.03. The molecule has 0 aromatic heterocycles. The molecule has 0 aromatic rings. The highest BCUT2D eigenvalue weighted by molar-refractivity contribution is 6.02. The number of nitrogens with two attached hydrogens (primary N) is 2. The Kier molecular flexibility index (Phi) is 5.11. The number of carboxylic acid groups (broad SMARTS) is 2. The van der Waals surface area contributed by atoms with Gasteiger partial charge in [-0.15, -0.1) is 0 Å². The second-order valence-electron chi connectivity index (χ2n) is 3.18. The van der Waals surface area contributed by atoms with E-state index >= 15 is 0 Å². The van der Waals surface area contributed by atoms with E-state index in [0.717, 1.165) is 6.42 Å². The smallest absolute Gasteiger partial charge is 0.335 e. The summed E-state index contributed by atoms with van der Waals surface area (Å²) in [6, 6.07) is 0. The standard InChI is InChI=1S/C8H16N2O4/c9-5-3-1-2-4-8(10,6(11)12)7(13)14/h1-5,9-10H2,(H,11,12)(H,13,14). The van der Waals surface area contributed by atoms with E-state index in [9.17, 15) is 9.59 Å². The fourth-order valence-corrected chi connectivity index (χ4v) is 1.03. The van der Waals surface area contributed by atoms with Crippen LogP contribution in [-0.2, 0) is 9.59 Å². The van der Waals surface area contributed by atoms with Crippen LogP contribution in [0, 0.1) is 0 Å². The summed E-state index contributed by atoms with van der Waals surface area (Å²) in [7, 11) is 0. The highest BCUT2D eigenvalue weighted by atomic mass is 16.4. The molecular formula is C8H16N2O4. The maximum absolute atomic E-state index is 10.6. The molecule has 0 fully saturated rings. The SMILES string of the molecule is NCCCCCC(N)(C(=O)O)C(=O)O. The Morgan fingerprint density at radius 3 is 1.93 bits per heavy atom. The van der Waals surface area contributed by atoms with Gasteiger partial charge in [0, 0.05) is 0 Å². The van der Waals surface area contributed by atoms with Crippen molar-refractivity contribution in [3.05, 3.63) is 0 Å². The fraction of sp³-hybridized carbons (Fsp3) is 0.750. The average Bonchev–Trinajstić information content (AvgIpc) is 2.11. The first-order valence-electron chi connectivity index (χ1n) is 4.41. The maximum Gasteiger partial charge on any atom is 0.335 e. The predicted molar refractivity (Wildman–Crippen MR) is 49.7 cm³/mol. The highest BCUT2D eigenvalue weighted by Gasteiger charge is 2.41. The van der Waals surface area contributed by atoms with Crippen molar-refractivity contribution >= 4 is 11.9 Å². The van der Waals surface area contributed by atoms with Crippen molar-refractivity contribution in [3.63, 3.8) is 0 Å². The first kappa shape index (κ1) is 12.9. The van der Waals surface area contributed by atoms with E-state index in [1.807, 2.05) is 0 Å². The van der Waals surface area contributed by atoms with Gasteiger partial charge in [0.1, 0.15) is 0 Å². The number of aliphatic carboxylic acids is 2. The van der Waals surface area contributed by atoms with E-state index in [1.165, 1.54) is 0 Å². The first-order valence-corrected chi connectivity index (χ1v) is 4.41. The van der Waals surface area contributed by atoms with E-state index in [1.54, 1.807) is 0 Å². The molecule has 0 aliphatic carbocycles. The normalized spacial score (nSPS) is 11.3. The first-order chi connectivity index (χ1) is 6.45. The highest BCUT2D eigenvalue weighted by Crippen LogP contribution is 2.13. The van der Waals surface area contributed by atoms with Crippen molar-refractivity contribution < 1.29 is 19.8 Å². The molecule has 0 aliphatic rings. The Morgan fingerprint density at radius 1 is 1.07 bits per heavy atom. The summed E-state index contributed by atoms with van der Waals surface area (Å²) in [6.45, 7) is 0.512. The molecule has 0 amide bonds. The number of hydrogen-bond acceptors (Lipinski definition) is 4. The molecule has 0 atom stereocenters. The van der Waals surface area contributed by atoms with Crippen molar-refractivity contribution in [1.29, 1.82) is 0 Å². The van der Waals surface area contributed by atoms with Gasteiger partial charge < -0.3 is 21.7 Å². The molecule has 0 saturated heterocycles. The predicted octanol–water partition coefficient (Wildman–Crippen LogP) is -0.628. The van der Waals surface area contributed by atoms with Gasteiger partial charge in [-0.1, -0.05) is 12.8 Å². The number of unbranched alkanes of at least 4 members (excludes halogenated alkanes) is 2. The third kappa shape index (κ3) is 3.31. The molecule has 0 heterocycles. The second kappa shape index (κ2) is 5.56. The minimum atomic E-state index is -2.16. The molecule has 82 valence electrons. The summed E-state index contributed by atoms with van der Waals surface area (Å²) >= 11 is 0. The molecular weight excluding hydrogens is 188 g/mol. The monoisotopic (exact) mass is 204 g/mol. The molecule has 0 saturated carbocycles. The van der Waals surface area contributed by atoms with E-state index in [2.05, 4.69) is 0 Å². The Balaban J connectivity index is 4.12. The quantitative estimate of drug-likeness (QED) is 0.323. The van der Waals surface area contributed by atoms with E-state index in [4.69, 9.17) is 21.7 Å². The lowest BCUT2D eigenvalue weighted by Gasteiger charge is -2.18. The molecule has 6 heteroatoms. The van der Waals surface area contributed by atoms with Gasteiger partial charge in [-0.25, -0.2) is 9.59 Å². The van der Waals surface area contributed by atoms with Crippen LogP contribution in [0.5, 0.6) is 0 Å². The van der Waals surface area contributed by atoms with Gasteiger partial charge in [0.05, 0.1) is 0 Å². The van der Waals surface area contributed by atoms with Crippen molar-refractivity contribution in [1.82, 2.24) is 0 Å². The van der Waals surface area contributed by atoms with Gasteiger partial charge in [0.15, 0.2) is 0 Å². The summed E-state index contributed by atoms with van der Waals surface area (Å²) in [4.78, 5) is 21.2. The summed E-state index contributed by atoms with van der Waals surface area (Å²) in [5.74, 6) is -3.00. The van der Waals surface area contributed by atoms with Gasteiger partial charge in [0.2, 0.25) is 5.54 Å². The molecule has 0 rings (SSSR count). The zero-order valence-corrected chi connectivity index (χ0v) is 7.90. The Labute approximate surface area is 81.9 Å². The summed E-state index contributed by atoms with van der Waals surface area (Å²) in [5.41, 5.74) is 8.31. The van der Waals surface area contributed by atoms with Gasteiger partial charge in [-0.3, -0.25) is 0 Å². The zero-order valence-electron chi connectivity index (χ0n) is 7.90. The molecule has 6 N–H and O–H groups in total. The molecule has 0 bridgehead atoms. The molecule has 6 nitrogen and oxygen atoms in total. The summed E-state index contributed by atoms with van der Waals surface area (Å²) < 4.78 is 0. The van der Waals surface area contributed by atoms with E-state index in [0.29, 0.717) is 19.4 Å². The number of carbonyl (C=O) groups is 2. The zero-order chi connectivity index (χ0) is 11.2. The van der Waals surface area contributed by atoms with E-state index in [-0.39, 0.29) is 6.42 Å². The number of rotatable bonds is 7. The lowest BCUT2D eigenvalue weighted by atomic mass is 9.93. The summed E-state index contributed by atoms with van der Waals surface area (Å²) in [6.07, 6.45) is 1.81. The Hall–Kier alpha value is -1.14. The molecule has 0 spiro atoms. The average molecular weight is 204 g/mol. The van der Waals surface area contributed by atoms with Gasteiger partial charge in [-0.05, 0) is 19.4 Å². The van der Waals surface area contributed by atoms with Crippen LogP contribution in [0.3, 0.4) is 0 Å². The lowest BCUT2D eigenvalue weighted by molar-refractivity contribution is -0.157. The van der Waals surface area contributed by atoms with Crippen LogP contribution in [0.1, 0.15) is 25.7 Å². The number of carboxylic acids is 2. The summed E-state index contributed by atoms with van der Waals surface area (Å²) in [5, 5.41) is 17.3. The Bertz CT molecular complexity index is 203. The van der Waals surface area contributed by atoms with Gasteiger partial charge in [0.25, 0.3) is 0 Å². The molecule has 0 unspecified atom stereocenters. The van der Waals surface area contributed by atoms with Crippen LogP contribution >= 0.6 is 0 Å². The third-order valence-corrected chi connectivity index (χ3v) is 2.04.